The van der Waals surface area contributed by atoms with Gasteiger partial charge in [-0.05, 0) is 35.7 Å². The zero-order chi connectivity index (χ0) is 18.1. The Labute approximate surface area is 153 Å². The zero-order valence-corrected chi connectivity index (χ0v) is 15.1. The van der Waals surface area contributed by atoms with Gasteiger partial charge in [-0.25, -0.2) is 4.98 Å². The summed E-state index contributed by atoms with van der Waals surface area (Å²) in [6.07, 6.45) is 0. The molecular weight excluding hydrogens is 348 g/mol. The summed E-state index contributed by atoms with van der Waals surface area (Å²) in [5.74, 6) is 1.31. The van der Waals surface area contributed by atoms with Crippen molar-refractivity contribution in [3.05, 3.63) is 64.3 Å². The fraction of sp³-hybridized carbons (Fsp3) is 0.100. The number of ether oxygens (including phenoxy) is 2. The van der Waals surface area contributed by atoms with Gasteiger partial charge in [-0.1, -0.05) is 18.2 Å². The largest absolute Gasteiger partial charge is 0.493 e. The van der Waals surface area contributed by atoms with E-state index in [4.69, 9.17) is 9.47 Å². The van der Waals surface area contributed by atoms with Crippen molar-refractivity contribution in [1.82, 2.24) is 9.97 Å². The van der Waals surface area contributed by atoms with E-state index >= 15 is 0 Å². The van der Waals surface area contributed by atoms with Crippen LogP contribution in [-0.2, 0) is 0 Å². The molecule has 0 atom stereocenters. The van der Waals surface area contributed by atoms with Crippen molar-refractivity contribution in [3.8, 4) is 33.3 Å². The molecule has 130 valence electrons. The number of para-hydroxylation sites is 1. The molecule has 4 rings (SSSR count). The van der Waals surface area contributed by atoms with E-state index in [1.54, 1.807) is 14.2 Å². The van der Waals surface area contributed by atoms with E-state index in [-0.39, 0.29) is 5.56 Å². The molecule has 0 amide bonds. The van der Waals surface area contributed by atoms with Gasteiger partial charge in [0.1, 0.15) is 5.01 Å². The first-order valence-electron chi connectivity index (χ1n) is 8.00. The lowest BCUT2D eigenvalue weighted by Crippen LogP contribution is -2.08. The SMILES string of the molecule is COc1ccc(-c2nc(-c3cc4ccccc4[nH]c3=O)cs2)cc1OC. The Kier molecular flexibility index (Phi) is 4.18. The zero-order valence-electron chi connectivity index (χ0n) is 14.3. The molecule has 26 heavy (non-hydrogen) atoms. The highest BCUT2D eigenvalue weighted by Gasteiger charge is 2.13. The number of H-pyrrole nitrogens is 1. The van der Waals surface area contributed by atoms with E-state index in [0.29, 0.717) is 22.8 Å². The van der Waals surface area contributed by atoms with Gasteiger partial charge in [0, 0.05) is 16.5 Å². The lowest BCUT2D eigenvalue weighted by Gasteiger charge is -2.08. The van der Waals surface area contributed by atoms with Gasteiger partial charge < -0.3 is 14.5 Å². The smallest absolute Gasteiger partial charge is 0.257 e. The molecule has 2 aromatic carbocycles. The number of nitrogens with one attached hydrogen (secondary N) is 1. The number of benzene rings is 2. The molecule has 1 N–H and O–H groups in total. The molecule has 5 nitrogen and oxygen atoms in total. The maximum absolute atomic E-state index is 12.4. The molecule has 2 heterocycles. The molecule has 0 aliphatic heterocycles. The molecule has 0 radical (unpaired) electrons. The van der Waals surface area contributed by atoms with E-state index in [1.165, 1.54) is 11.3 Å². The number of fused-ring (bicyclic) bond motifs is 1. The molecule has 0 saturated heterocycles. The molecule has 0 fully saturated rings. The van der Waals surface area contributed by atoms with Crippen molar-refractivity contribution in [3.63, 3.8) is 0 Å². The Hall–Kier alpha value is -3.12. The Morgan fingerprint density at radius 3 is 2.62 bits per heavy atom. The van der Waals surface area contributed by atoms with Crippen LogP contribution in [0, 0.1) is 0 Å². The van der Waals surface area contributed by atoms with Gasteiger partial charge in [0.05, 0.1) is 25.5 Å². The van der Waals surface area contributed by atoms with Crippen LogP contribution in [0.4, 0.5) is 0 Å². The van der Waals surface area contributed by atoms with Crippen LogP contribution in [0.5, 0.6) is 11.5 Å². The number of hydrogen-bond donors (Lipinski definition) is 1. The summed E-state index contributed by atoms with van der Waals surface area (Å²) < 4.78 is 10.6. The highest BCUT2D eigenvalue weighted by molar-refractivity contribution is 7.13. The van der Waals surface area contributed by atoms with Crippen molar-refractivity contribution >= 4 is 22.2 Å². The first-order chi connectivity index (χ1) is 12.7. The number of aromatic amines is 1. The van der Waals surface area contributed by atoms with Gasteiger partial charge in [0.15, 0.2) is 11.5 Å². The summed E-state index contributed by atoms with van der Waals surface area (Å²) >= 11 is 1.48. The van der Waals surface area contributed by atoms with Crippen LogP contribution in [0.15, 0.2) is 58.7 Å². The fourth-order valence-corrected chi connectivity index (χ4v) is 3.65. The third-order valence-electron chi connectivity index (χ3n) is 4.16. The molecule has 0 aliphatic carbocycles. The van der Waals surface area contributed by atoms with Gasteiger partial charge >= 0.3 is 0 Å². The number of thiazole rings is 1. The number of methoxy groups -OCH3 is 2. The lowest BCUT2D eigenvalue weighted by molar-refractivity contribution is 0.355. The highest BCUT2D eigenvalue weighted by atomic mass is 32.1. The number of hydrogen-bond acceptors (Lipinski definition) is 5. The van der Waals surface area contributed by atoms with Crippen LogP contribution >= 0.6 is 11.3 Å². The molecule has 2 aromatic heterocycles. The van der Waals surface area contributed by atoms with Gasteiger partial charge in [0.25, 0.3) is 5.56 Å². The van der Waals surface area contributed by atoms with Crippen LogP contribution in [0.1, 0.15) is 0 Å². The van der Waals surface area contributed by atoms with Crippen LogP contribution in [0.3, 0.4) is 0 Å². The number of pyridine rings is 1. The van der Waals surface area contributed by atoms with Gasteiger partial charge in [-0.2, -0.15) is 0 Å². The first-order valence-corrected chi connectivity index (χ1v) is 8.88. The molecule has 0 spiro atoms. The van der Waals surface area contributed by atoms with E-state index in [0.717, 1.165) is 21.5 Å². The second-order valence-corrected chi connectivity index (χ2v) is 6.57. The average Bonchev–Trinajstić information content (AvgIpc) is 3.16. The lowest BCUT2D eigenvalue weighted by atomic mass is 10.1. The fourth-order valence-electron chi connectivity index (χ4n) is 2.84. The molecule has 0 bridgehead atoms. The maximum Gasteiger partial charge on any atom is 0.257 e. The number of nitrogens with zero attached hydrogens (tertiary/aromatic N) is 1. The van der Waals surface area contributed by atoms with Crippen molar-refractivity contribution in [2.45, 2.75) is 0 Å². The normalized spacial score (nSPS) is 10.8. The molecule has 0 unspecified atom stereocenters. The molecule has 0 saturated carbocycles. The minimum atomic E-state index is -0.145. The van der Waals surface area contributed by atoms with Crippen molar-refractivity contribution < 1.29 is 9.47 Å². The summed E-state index contributed by atoms with van der Waals surface area (Å²) in [5, 5.41) is 3.68. The Balaban J connectivity index is 1.77. The quantitative estimate of drug-likeness (QED) is 0.585. The van der Waals surface area contributed by atoms with E-state index in [1.807, 2.05) is 53.9 Å². The molecular formula is C20H16N2O3S. The first kappa shape index (κ1) is 16.4. The molecule has 4 aromatic rings. The Bertz CT molecular complexity index is 1150. The van der Waals surface area contributed by atoms with E-state index in [9.17, 15) is 4.79 Å². The Morgan fingerprint density at radius 1 is 1.00 bits per heavy atom. The summed E-state index contributed by atoms with van der Waals surface area (Å²) in [6.45, 7) is 0. The maximum atomic E-state index is 12.4. The summed E-state index contributed by atoms with van der Waals surface area (Å²) in [4.78, 5) is 20.0. The third kappa shape index (κ3) is 2.84. The topological polar surface area (TPSA) is 64.2 Å². The molecule has 0 aliphatic rings. The van der Waals surface area contributed by atoms with E-state index < -0.39 is 0 Å². The second kappa shape index (κ2) is 6.65. The predicted molar refractivity (Wildman–Crippen MR) is 104 cm³/mol. The minimum Gasteiger partial charge on any atom is -0.493 e. The minimum absolute atomic E-state index is 0.145. The van der Waals surface area contributed by atoms with Crippen LogP contribution in [0.2, 0.25) is 0 Å². The predicted octanol–water partition coefficient (Wildman–Crippen LogP) is 4.34. The van der Waals surface area contributed by atoms with Gasteiger partial charge in [0.2, 0.25) is 0 Å². The van der Waals surface area contributed by atoms with Crippen molar-refractivity contribution in [2.24, 2.45) is 0 Å². The molecule has 6 heteroatoms. The summed E-state index contributed by atoms with van der Waals surface area (Å²) in [5.41, 5.74) is 2.80. The number of rotatable bonds is 4. The average molecular weight is 364 g/mol. The Morgan fingerprint density at radius 2 is 1.81 bits per heavy atom. The van der Waals surface area contributed by atoms with Crippen LogP contribution in [0.25, 0.3) is 32.7 Å². The summed E-state index contributed by atoms with van der Waals surface area (Å²) in [6, 6.07) is 15.2. The highest BCUT2D eigenvalue weighted by Crippen LogP contribution is 2.34. The standard InChI is InChI=1S/C20H16N2O3S/c1-24-17-8-7-13(10-18(17)25-2)20-22-16(11-26-20)14-9-12-5-3-4-6-15(12)21-19(14)23/h3-11H,1-2H3,(H,21,23). The van der Waals surface area contributed by atoms with Crippen LogP contribution in [-0.4, -0.2) is 24.2 Å². The third-order valence-corrected chi connectivity index (χ3v) is 5.06. The van der Waals surface area contributed by atoms with Crippen LogP contribution < -0.4 is 15.0 Å². The van der Waals surface area contributed by atoms with Crippen molar-refractivity contribution in [2.75, 3.05) is 14.2 Å². The second-order valence-electron chi connectivity index (χ2n) is 5.71. The monoisotopic (exact) mass is 364 g/mol. The van der Waals surface area contributed by atoms with Gasteiger partial charge in [-0.3, -0.25) is 4.79 Å². The van der Waals surface area contributed by atoms with Gasteiger partial charge in [-0.15, -0.1) is 11.3 Å². The summed E-state index contributed by atoms with van der Waals surface area (Å²) in [7, 11) is 3.20. The van der Waals surface area contributed by atoms with Crippen molar-refractivity contribution in [1.29, 1.82) is 0 Å². The van der Waals surface area contributed by atoms with E-state index in [2.05, 4.69) is 9.97 Å². The number of aromatic nitrogens is 2.